The first-order valence-electron chi connectivity index (χ1n) is 8.00. The van der Waals surface area contributed by atoms with E-state index in [1.54, 1.807) is 6.07 Å². The van der Waals surface area contributed by atoms with E-state index in [1.165, 1.54) is 10.9 Å². The lowest BCUT2D eigenvalue weighted by Gasteiger charge is -2.09. The van der Waals surface area contributed by atoms with Crippen molar-refractivity contribution in [1.82, 2.24) is 14.9 Å². The first kappa shape index (κ1) is 17.2. The van der Waals surface area contributed by atoms with Gasteiger partial charge in [0.05, 0.1) is 17.2 Å². The third-order valence-corrected chi connectivity index (χ3v) is 4.27. The van der Waals surface area contributed by atoms with Crippen molar-refractivity contribution in [1.29, 1.82) is 0 Å². The van der Waals surface area contributed by atoms with Gasteiger partial charge in [-0.25, -0.2) is 4.98 Å². The highest BCUT2D eigenvalue weighted by molar-refractivity contribution is 6.30. The number of carbonyl (C=O) groups excluding carboxylic acids is 1. The molecule has 3 aromatic rings. The van der Waals surface area contributed by atoms with Crippen molar-refractivity contribution in [2.45, 2.75) is 19.9 Å². The molecular formula is C19H18ClN3O2. The lowest BCUT2D eigenvalue weighted by Crippen LogP contribution is -2.33. The summed E-state index contributed by atoms with van der Waals surface area (Å²) in [5, 5.41) is 4.03. The summed E-state index contributed by atoms with van der Waals surface area (Å²) in [4.78, 5) is 28.9. The van der Waals surface area contributed by atoms with Crippen LogP contribution >= 0.6 is 11.6 Å². The molecule has 0 atom stereocenters. The van der Waals surface area contributed by atoms with Gasteiger partial charge in [-0.15, -0.1) is 0 Å². The number of hydrogen-bond acceptors (Lipinski definition) is 3. The van der Waals surface area contributed by atoms with Gasteiger partial charge in [-0.2, -0.15) is 0 Å². The fourth-order valence-electron chi connectivity index (χ4n) is 2.66. The number of aromatic nitrogens is 2. The molecule has 5 nitrogen and oxygen atoms in total. The van der Waals surface area contributed by atoms with Gasteiger partial charge >= 0.3 is 0 Å². The van der Waals surface area contributed by atoms with Crippen molar-refractivity contribution in [3.05, 3.63) is 75.3 Å². The highest BCUT2D eigenvalue weighted by Gasteiger charge is 2.09. The minimum atomic E-state index is -0.218. The van der Waals surface area contributed by atoms with Gasteiger partial charge in [0.2, 0.25) is 5.91 Å². The van der Waals surface area contributed by atoms with Gasteiger partial charge in [-0.05, 0) is 42.7 Å². The van der Waals surface area contributed by atoms with Crippen molar-refractivity contribution in [2.75, 3.05) is 6.54 Å². The van der Waals surface area contributed by atoms with E-state index in [0.29, 0.717) is 28.9 Å². The van der Waals surface area contributed by atoms with Crippen LogP contribution in [0.5, 0.6) is 0 Å². The maximum atomic E-state index is 12.5. The molecule has 0 aliphatic carbocycles. The van der Waals surface area contributed by atoms with E-state index in [2.05, 4.69) is 10.3 Å². The zero-order chi connectivity index (χ0) is 17.8. The van der Waals surface area contributed by atoms with Crippen molar-refractivity contribution in [2.24, 2.45) is 0 Å². The summed E-state index contributed by atoms with van der Waals surface area (Å²) in [6.45, 7) is 2.36. The number of carbonyl (C=O) groups is 1. The predicted octanol–water partition coefficient (Wildman–Crippen LogP) is 2.72. The van der Waals surface area contributed by atoms with Crippen LogP contribution in [-0.2, 0) is 17.8 Å². The predicted molar refractivity (Wildman–Crippen MR) is 98.9 cm³/mol. The van der Waals surface area contributed by atoms with E-state index in [-0.39, 0.29) is 18.0 Å². The molecule has 0 saturated carbocycles. The fourth-order valence-corrected chi connectivity index (χ4v) is 2.78. The molecular weight excluding hydrogens is 338 g/mol. The lowest BCUT2D eigenvalue weighted by molar-refractivity contribution is -0.121. The molecule has 0 aliphatic rings. The number of para-hydroxylation sites is 1. The highest BCUT2D eigenvalue weighted by Crippen LogP contribution is 2.11. The Morgan fingerprint density at radius 2 is 1.96 bits per heavy atom. The smallest absolute Gasteiger partial charge is 0.261 e. The molecule has 3 rings (SSSR count). The van der Waals surface area contributed by atoms with Crippen LogP contribution in [0.4, 0.5) is 0 Å². The van der Waals surface area contributed by atoms with Crippen molar-refractivity contribution < 1.29 is 4.79 Å². The first-order valence-corrected chi connectivity index (χ1v) is 8.38. The number of amides is 1. The summed E-state index contributed by atoms with van der Waals surface area (Å²) in [5.74, 6) is -0.218. The number of halogens is 1. The number of nitrogens with one attached hydrogen (secondary N) is 1. The van der Waals surface area contributed by atoms with E-state index in [9.17, 15) is 9.59 Å². The SMILES string of the molecule is Cc1cccc2c(=O)n(CC(=O)NCCc3ccc(Cl)cc3)cnc12. The molecule has 1 heterocycles. The second-order valence-corrected chi connectivity index (χ2v) is 6.31. The molecule has 25 heavy (non-hydrogen) atoms. The monoisotopic (exact) mass is 355 g/mol. The molecule has 0 unspecified atom stereocenters. The van der Waals surface area contributed by atoms with Gasteiger partial charge in [0, 0.05) is 11.6 Å². The zero-order valence-corrected chi connectivity index (χ0v) is 14.6. The van der Waals surface area contributed by atoms with Gasteiger partial charge < -0.3 is 5.32 Å². The Morgan fingerprint density at radius 1 is 1.20 bits per heavy atom. The van der Waals surface area contributed by atoms with E-state index in [4.69, 9.17) is 11.6 Å². The Bertz CT molecular complexity index is 965. The normalized spacial score (nSPS) is 10.8. The topological polar surface area (TPSA) is 64.0 Å². The van der Waals surface area contributed by atoms with Gasteiger partial charge in [0.25, 0.3) is 5.56 Å². The van der Waals surface area contributed by atoms with Crippen molar-refractivity contribution in [3.63, 3.8) is 0 Å². The van der Waals surface area contributed by atoms with Crippen LogP contribution in [0.15, 0.2) is 53.6 Å². The van der Waals surface area contributed by atoms with Crippen LogP contribution < -0.4 is 10.9 Å². The number of fused-ring (bicyclic) bond motifs is 1. The lowest BCUT2D eigenvalue weighted by atomic mass is 10.1. The maximum absolute atomic E-state index is 12.5. The number of aryl methyl sites for hydroxylation is 1. The molecule has 0 aliphatic heterocycles. The summed E-state index contributed by atoms with van der Waals surface area (Å²) in [5.41, 5.74) is 2.49. The molecule has 0 saturated heterocycles. The van der Waals surface area contributed by atoms with Gasteiger partial charge in [-0.3, -0.25) is 14.2 Å². The fraction of sp³-hybridized carbons (Fsp3) is 0.211. The number of benzene rings is 2. The molecule has 2 aromatic carbocycles. The standard InChI is InChI=1S/C19H18ClN3O2/c1-13-3-2-4-16-18(13)22-12-23(19(16)25)11-17(24)21-10-9-14-5-7-15(20)8-6-14/h2-8,12H,9-11H2,1H3,(H,21,24). The molecule has 1 N–H and O–H groups in total. The first-order chi connectivity index (χ1) is 12.0. The second kappa shape index (κ2) is 7.49. The Kier molecular flexibility index (Phi) is 5.14. The molecule has 0 spiro atoms. The van der Waals surface area contributed by atoms with Crippen LogP contribution in [-0.4, -0.2) is 22.0 Å². The van der Waals surface area contributed by atoms with Gasteiger partial charge in [0.15, 0.2) is 0 Å². The third-order valence-electron chi connectivity index (χ3n) is 4.02. The summed E-state index contributed by atoms with van der Waals surface area (Å²) in [6, 6.07) is 12.9. The van der Waals surface area contributed by atoms with Crippen LogP contribution in [0.2, 0.25) is 5.02 Å². The quantitative estimate of drug-likeness (QED) is 0.765. The molecule has 0 bridgehead atoms. The Balaban J connectivity index is 1.63. The van der Waals surface area contributed by atoms with Gasteiger partial charge in [-0.1, -0.05) is 35.9 Å². The van der Waals surface area contributed by atoms with Crippen molar-refractivity contribution >= 4 is 28.4 Å². The minimum Gasteiger partial charge on any atom is -0.354 e. The summed E-state index contributed by atoms with van der Waals surface area (Å²) >= 11 is 5.84. The summed E-state index contributed by atoms with van der Waals surface area (Å²) in [6.07, 6.45) is 2.13. The van der Waals surface area contributed by atoms with E-state index >= 15 is 0 Å². The average molecular weight is 356 g/mol. The zero-order valence-electron chi connectivity index (χ0n) is 13.8. The molecule has 6 heteroatoms. The Hall–Kier alpha value is -2.66. The van der Waals surface area contributed by atoms with E-state index in [1.807, 2.05) is 43.3 Å². The number of hydrogen-bond donors (Lipinski definition) is 1. The van der Waals surface area contributed by atoms with Gasteiger partial charge in [0.1, 0.15) is 6.54 Å². The molecule has 0 radical (unpaired) electrons. The van der Waals surface area contributed by atoms with Crippen LogP contribution in [0.25, 0.3) is 10.9 Å². The Morgan fingerprint density at radius 3 is 2.72 bits per heavy atom. The summed E-state index contributed by atoms with van der Waals surface area (Å²) in [7, 11) is 0. The largest absolute Gasteiger partial charge is 0.354 e. The number of nitrogens with zero attached hydrogens (tertiary/aromatic N) is 2. The molecule has 128 valence electrons. The highest BCUT2D eigenvalue weighted by atomic mass is 35.5. The maximum Gasteiger partial charge on any atom is 0.261 e. The average Bonchev–Trinajstić information content (AvgIpc) is 2.60. The Labute approximate surface area is 150 Å². The second-order valence-electron chi connectivity index (χ2n) is 5.88. The minimum absolute atomic E-state index is 0.0453. The van der Waals surface area contributed by atoms with E-state index in [0.717, 1.165) is 11.1 Å². The molecule has 0 fully saturated rings. The van der Waals surface area contributed by atoms with Crippen LogP contribution in [0.1, 0.15) is 11.1 Å². The summed E-state index contributed by atoms with van der Waals surface area (Å²) < 4.78 is 1.33. The van der Waals surface area contributed by atoms with Crippen molar-refractivity contribution in [3.8, 4) is 0 Å². The van der Waals surface area contributed by atoms with Crippen LogP contribution in [0.3, 0.4) is 0 Å². The van der Waals surface area contributed by atoms with Crippen LogP contribution in [0, 0.1) is 6.92 Å². The third kappa shape index (κ3) is 4.06. The number of rotatable bonds is 5. The molecule has 1 amide bonds. The molecule has 1 aromatic heterocycles. The van der Waals surface area contributed by atoms with E-state index < -0.39 is 0 Å².